The van der Waals surface area contributed by atoms with Crippen molar-refractivity contribution in [3.8, 4) is 0 Å². The molecule has 0 unspecified atom stereocenters. The van der Waals surface area contributed by atoms with Crippen LogP contribution in [0.1, 0.15) is 6.42 Å². The van der Waals surface area contributed by atoms with Gasteiger partial charge in [-0.25, -0.2) is 0 Å². The van der Waals surface area contributed by atoms with Crippen LogP contribution in [0.15, 0.2) is 11.6 Å². The van der Waals surface area contributed by atoms with Gasteiger partial charge in [0.25, 0.3) is 0 Å². The smallest absolute Gasteiger partial charge is 0.159 e. The molecule has 1 aliphatic carbocycles. The summed E-state index contributed by atoms with van der Waals surface area (Å²) in [5.74, 6) is -0.0185. The van der Waals surface area contributed by atoms with Crippen molar-refractivity contribution < 1.29 is 4.79 Å². The zero-order valence-electron chi connectivity index (χ0n) is 3.40. The monoisotopic (exact) mass is 81.0 g/mol. The Hall–Kier alpha value is -0.590. The van der Waals surface area contributed by atoms with Gasteiger partial charge in [0, 0.05) is 6.92 Å². The largest absolute Gasteiger partial charge is 0.295 e. The van der Waals surface area contributed by atoms with Crippen LogP contribution in [0.25, 0.3) is 0 Å². The average Bonchev–Trinajstić information content (AvgIpc) is 2.06. The van der Waals surface area contributed by atoms with E-state index in [-0.39, 0.29) is 5.78 Å². The predicted octanol–water partition coefficient (Wildman–Crippen LogP) is 0.720. The van der Waals surface area contributed by atoms with Crippen LogP contribution in [0.3, 0.4) is 0 Å². The molecule has 31 valence electrons. The van der Waals surface area contributed by atoms with E-state index in [1.807, 2.05) is 6.08 Å². The molecule has 1 aliphatic rings. The van der Waals surface area contributed by atoms with Gasteiger partial charge < -0.3 is 0 Å². The number of Topliss-reactive ketones (excluding diaryl/α,β-unsaturated/α-hetero) is 1. The summed E-state index contributed by atoms with van der Waals surface area (Å²) in [7, 11) is 0. The van der Waals surface area contributed by atoms with Gasteiger partial charge in [-0.2, -0.15) is 0 Å². The maximum absolute atomic E-state index is 10.0. The topological polar surface area (TPSA) is 17.1 Å². The molecular weight excluding hydrogens is 76.1 g/mol. The molecule has 0 aromatic heterocycles. The molecule has 0 amide bonds. The third kappa shape index (κ3) is 0.482. The fraction of sp³-hybridized carbons (Fsp3) is 0.200. The first kappa shape index (κ1) is 3.59. The molecule has 1 radical (unpaired) electrons. The highest BCUT2D eigenvalue weighted by Crippen LogP contribution is 2.17. The molecule has 0 fully saturated rings. The maximum atomic E-state index is 10.0. The average molecular weight is 81.1 g/mol. The van der Waals surface area contributed by atoms with Crippen molar-refractivity contribution in [2.75, 3.05) is 0 Å². The Bertz CT molecular complexity index is 111. The summed E-state index contributed by atoms with van der Waals surface area (Å²) >= 11 is 0. The molecule has 6 heavy (non-hydrogen) atoms. The molecular formula is C5H5O. The summed E-state index contributed by atoms with van der Waals surface area (Å²) in [6.07, 6.45) is 2.75. The normalized spacial score (nSPS) is 16.5. The number of rotatable bonds is 1. The Morgan fingerprint density at radius 3 is 2.50 bits per heavy atom. The van der Waals surface area contributed by atoms with Crippen molar-refractivity contribution in [1.29, 1.82) is 0 Å². The number of allylic oxidation sites excluding steroid dienone is 2. The Morgan fingerprint density at radius 2 is 2.50 bits per heavy atom. The van der Waals surface area contributed by atoms with Crippen molar-refractivity contribution in [3.05, 3.63) is 18.6 Å². The van der Waals surface area contributed by atoms with Crippen molar-refractivity contribution in [2.24, 2.45) is 0 Å². The van der Waals surface area contributed by atoms with E-state index in [2.05, 4.69) is 6.92 Å². The van der Waals surface area contributed by atoms with Gasteiger partial charge in [-0.3, -0.25) is 4.79 Å². The van der Waals surface area contributed by atoms with Gasteiger partial charge in [0.05, 0.1) is 0 Å². The number of ketones is 1. The third-order valence-corrected chi connectivity index (χ3v) is 0.766. The van der Waals surface area contributed by atoms with Crippen LogP contribution in [-0.2, 0) is 4.79 Å². The zero-order chi connectivity index (χ0) is 4.57. The van der Waals surface area contributed by atoms with Gasteiger partial charge in [0.15, 0.2) is 5.78 Å². The molecule has 0 aliphatic heterocycles. The highest BCUT2D eigenvalue weighted by atomic mass is 16.1. The summed E-state index contributed by atoms with van der Waals surface area (Å²) in [4.78, 5) is 10.0. The lowest BCUT2D eigenvalue weighted by atomic mass is 10.4. The fourth-order valence-corrected chi connectivity index (χ4v) is 0.279. The van der Waals surface area contributed by atoms with Gasteiger partial charge in [-0.1, -0.05) is 6.08 Å². The first-order valence-electron chi connectivity index (χ1n) is 1.86. The molecule has 1 heteroatoms. The molecule has 0 spiro atoms. The van der Waals surface area contributed by atoms with Gasteiger partial charge >= 0.3 is 0 Å². The lowest BCUT2D eigenvalue weighted by Crippen LogP contribution is -1.81. The van der Waals surface area contributed by atoms with E-state index in [1.165, 1.54) is 0 Å². The molecule has 0 saturated heterocycles. The van der Waals surface area contributed by atoms with E-state index in [9.17, 15) is 4.79 Å². The van der Waals surface area contributed by atoms with Crippen molar-refractivity contribution >= 4 is 5.78 Å². The van der Waals surface area contributed by atoms with E-state index in [0.717, 1.165) is 12.0 Å². The summed E-state index contributed by atoms with van der Waals surface area (Å²) in [6, 6.07) is 0. The van der Waals surface area contributed by atoms with Crippen LogP contribution in [0.5, 0.6) is 0 Å². The molecule has 1 nitrogen and oxygen atoms in total. The van der Waals surface area contributed by atoms with Gasteiger partial charge in [-0.05, 0) is 12.0 Å². The van der Waals surface area contributed by atoms with Crippen molar-refractivity contribution in [1.82, 2.24) is 0 Å². The Morgan fingerprint density at radius 1 is 2.00 bits per heavy atom. The fourth-order valence-electron chi connectivity index (χ4n) is 0.279. The minimum Gasteiger partial charge on any atom is -0.295 e. The molecule has 0 N–H and O–H groups in total. The Labute approximate surface area is 36.7 Å². The maximum Gasteiger partial charge on any atom is 0.159 e. The number of hydrogen-bond donors (Lipinski definition) is 0. The van der Waals surface area contributed by atoms with E-state index in [1.54, 1.807) is 0 Å². The molecule has 0 bridgehead atoms. The highest BCUT2D eigenvalue weighted by Gasteiger charge is 2.10. The molecule has 0 aromatic carbocycles. The number of carbonyl (C=O) groups is 1. The minimum atomic E-state index is -0.0185. The van der Waals surface area contributed by atoms with Crippen LogP contribution < -0.4 is 0 Å². The minimum absolute atomic E-state index is 0.0185. The molecule has 0 atom stereocenters. The summed E-state index contributed by atoms with van der Waals surface area (Å²) in [5, 5.41) is 0. The predicted molar refractivity (Wildman–Crippen MR) is 23.1 cm³/mol. The first-order valence-corrected chi connectivity index (χ1v) is 1.86. The summed E-state index contributed by atoms with van der Waals surface area (Å²) in [5.41, 5.74) is 0.884. The van der Waals surface area contributed by atoms with Crippen LogP contribution >= 0.6 is 0 Å². The third-order valence-electron chi connectivity index (χ3n) is 0.766. The quantitative estimate of drug-likeness (QED) is 0.454. The van der Waals surface area contributed by atoms with Crippen molar-refractivity contribution in [2.45, 2.75) is 6.42 Å². The lowest BCUT2D eigenvalue weighted by Gasteiger charge is -1.70. The van der Waals surface area contributed by atoms with E-state index in [0.29, 0.717) is 0 Å². The van der Waals surface area contributed by atoms with Crippen LogP contribution in [0.2, 0.25) is 0 Å². The van der Waals surface area contributed by atoms with Crippen LogP contribution in [-0.4, -0.2) is 5.78 Å². The Kier molecular flexibility index (Phi) is 0.560. The molecule has 0 saturated carbocycles. The number of carbonyl (C=O) groups excluding carboxylic acids is 1. The molecule has 0 aromatic rings. The first-order chi connectivity index (χ1) is 2.80. The standard InChI is InChI=1S/C5H5O/c1-4(6)5-2-3-5/h2H,1,3H2. The second kappa shape index (κ2) is 0.934. The Balaban J connectivity index is 2.52. The highest BCUT2D eigenvalue weighted by molar-refractivity contribution is 6.02. The lowest BCUT2D eigenvalue weighted by molar-refractivity contribution is -0.111. The van der Waals surface area contributed by atoms with E-state index in [4.69, 9.17) is 0 Å². The van der Waals surface area contributed by atoms with E-state index >= 15 is 0 Å². The summed E-state index contributed by atoms with van der Waals surface area (Å²) < 4.78 is 0. The second-order valence-electron chi connectivity index (χ2n) is 1.36. The van der Waals surface area contributed by atoms with Crippen molar-refractivity contribution in [3.63, 3.8) is 0 Å². The second-order valence-corrected chi connectivity index (χ2v) is 1.36. The van der Waals surface area contributed by atoms with Gasteiger partial charge in [0.2, 0.25) is 0 Å². The summed E-state index contributed by atoms with van der Waals surface area (Å²) in [6.45, 7) is 3.19. The van der Waals surface area contributed by atoms with Crippen LogP contribution in [0, 0.1) is 6.92 Å². The SMILES string of the molecule is [CH2]C(=O)C1=CC1. The van der Waals surface area contributed by atoms with Gasteiger partial charge in [-0.15, -0.1) is 0 Å². The molecule has 1 rings (SSSR count). The van der Waals surface area contributed by atoms with Gasteiger partial charge in [0.1, 0.15) is 0 Å². The van der Waals surface area contributed by atoms with E-state index < -0.39 is 0 Å². The zero-order valence-corrected chi connectivity index (χ0v) is 3.40. The van der Waals surface area contributed by atoms with Crippen LogP contribution in [0.4, 0.5) is 0 Å². The molecule has 0 heterocycles. The number of hydrogen-bond acceptors (Lipinski definition) is 1.